The topological polar surface area (TPSA) is 24.9 Å². The number of hydrogen-bond donors (Lipinski definition) is 1. The Hall–Kier alpha value is -0.410. The molecule has 0 amide bonds. The van der Waals surface area contributed by atoms with Crippen LogP contribution in [0, 0.1) is 5.92 Å². The van der Waals surface area contributed by atoms with Crippen molar-refractivity contribution in [2.24, 2.45) is 5.92 Å². The molecule has 0 aromatic carbocycles. The van der Waals surface area contributed by atoms with E-state index in [-0.39, 0.29) is 5.54 Å². The number of aryl methyl sites for hydroxylation is 2. The van der Waals surface area contributed by atoms with Gasteiger partial charge in [-0.25, -0.2) is 4.98 Å². The summed E-state index contributed by atoms with van der Waals surface area (Å²) in [5.74, 6) is 0.691. The molecular weight excluding hydrogens is 216 g/mol. The van der Waals surface area contributed by atoms with Crippen molar-refractivity contribution in [1.82, 2.24) is 10.3 Å². The van der Waals surface area contributed by atoms with Gasteiger partial charge in [-0.2, -0.15) is 0 Å². The molecular formula is C13H22N2S. The maximum absolute atomic E-state index is 4.84. The highest BCUT2D eigenvalue weighted by Gasteiger charge is 2.31. The molecule has 1 atom stereocenters. The van der Waals surface area contributed by atoms with Crippen LogP contribution in [0.3, 0.4) is 0 Å². The van der Waals surface area contributed by atoms with Crippen molar-refractivity contribution in [3.63, 3.8) is 0 Å². The summed E-state index contributed by atoms with van der Waals surface area (Å²) in [5, 5.41) is 4.75. The van der Waals surface area contributed by atoms with Gasteiger partial charge in [0.2, 0.25) is 0 Å². The van der Waals surface area contributed by atoms with E-state index >= 15 is 0 Å². The van der Waals surface area contributed by atoms with E-state index < -0.39 is 0 Å². The van der Waals surface area contributed by atoms with E-state index in [9.17, 15) is 0 Å². The average molecular weight is 238 g/mol. The Labute approximate surface area is 102 Å². The number of hydrogen-bond acceptors (Lipinski definition) is 3. The first-order chi connectivity index (χ1) is 7.55. The molecule has 0 aliphatic heterocycles. The van der Waals surface area contributed by atoms with Crippen molar-refractivity contribution >= 4 is 11.3 Å². The minimum Gasteiger partial charge on any atom is -0.309 e. The van der Waals surface area contributed by atoms with Crippen molar-refractivity contribution in [1.29, 1.82) is 0 Å². The average Bonchev–Trinajstić information content (AvgIpc) is 2.75. The maximum atomic E-state index is 4.84. The largest absolute Gasteiger partial charge is 0.309 e. The summed E-state index contributed by atoms with van der Waals surface area (Å²) in [6, 6.07) is 0. The third-order valence-corrected chi connectivity index (χ3v) is 4.86. The van der Waals surface area contributed by atoms with Crippen LogP contribution in [0.15, 0.2) is 0 Å². The van der Waals surface area contributed by atoms with Gasteiger partial charge in [-0.1, -0.05) is 13.8 Å². The summed E-state index contributed by atoms with van der Waals surface area (Å²) in [4.78, 5) is 6.37. The number of rotatable bonds is 4. The van der Waals surface area contributed by atoms with Gasteiger partial charge in [0.1, 0.15) is 5.01 Å². The molecule has 16 heavy (non-hydrogen) atoms. The van der Waals surface area contributed by atoms with Gasteiger partial charge in [-0.15, -0.1) is 11.3 Å². The molecule has 1 heterocycles. The predicted octanol–water partition coefficient (Wildman–Crippen LogP) is 3.11. The summed E-state index contributed by atoms with van der Waals surface area (Å²) in [6.45, 7) is 6.83. The molecule has 1 aromatic rings. The van der Waals surface area contributed by atoms with Crippen LogP contribution in [-0.4, -0.2) is 12.0 Å². The van der Waals surface area contributed by atoms with Gasteiger partial charge >= 0.3 is 0 Å². The minimum atomic E-state index is 0.0587. The zero-order chi connectivity index (χ0) is 11.8. The molecule has 90 valence electrons. The second kappa shape index (κ2) is 4.46. The van der Waals surface area contributed by atoms with Crippen LogP contribution in [0.25, 0.3) is 0 Å². The lowest BCUT2D eigenvalue weighted by molar-refractivity contribution is 0.318. The molecule has 1 aromatic heterocycles. The second-order valence-corrected chi connectivity index (χ2v) is 6.51. The van der Waals surface area contributed by atoms with E-state index in [1.807, 2.05) is 11.3 Å². The highest BCUT2D eigenvalue weighted by atomic mass is 32.1. The van der Waals surface area contributed by atoms with Crippen molar-refractivity contribution < 1.29 is 0 Å². The standard InChI is InChI=1S/C13H22N2S/c1-9(2)8-13(3,14-4)12-15-10-6-5-7-11(10)16-12/h9,14H,5-8H2,1-4H3. The molecule has 0 radical (unpaired) electrons. The van der Waals surface area contributed by atoms with E-state index in [0.29, 0.717) is 5.92 Å². The zero-order valence-corrected chi connectivity index (χ0v) is 11.6. The van der Waals surface area contributed by atoms with Crippen LogP contribution in [-0.2, 0) is 18.4 Å². The van der Waals surface area contributed by atoms with Crippen molar-refractivity contribution in [2.45, 2.75) is 52.0 Å². The van der Waals surface area contributed by atoms with Crippen LogP contribution in [0.1, 0.15) is 49.2 Å². The summed E-state index contributed by atoms with van der Waals surface area (Å²) in [5.41, 5.74) is 1.42. The summed E-state index contributed by atoms with van der Waals surface area (Å²) in [6.07, 6.45) is 4.88. The lowest BCUT2D eigenvalue weighted by Crippen LogP contribution is -2.38. The Kier molecular flexibility index (Phi) is 3.36. The smallest absolute Gasteiger partial charge is 0.113 e. The Morgan fingerprint density at radius 3 is 2.75 bits per heavy atom. The Morgan fingerprint density at radius 1 is 1.44 bits per heavy atom. The molecule has 3 heteroatoms. The maximum Gasteiger partial charge on any atom is 0.113 e. The molecule has 0 saturated heterocycles. The fourth-order valence-electron chi connectivity index (χ4n) is 2.54. The molecule has 1 unspecified atom stereocenters. The molecule has 2 nitrogen and oxygen atoms in total. The van der Waals surface area contributed by atoms with Gasteiger partial charge < -0.3 is 5.32 Å². The molecule has 0 spiro atoms. The second-order valence-electron chi connectivity index (χ2n) is 5.42. The van der Waals surface area contributed by atoms with E-state index in [1.165, 1.54) is 34.8 Å². The third kappa shape index (κ3) is 2.16. The van der Waals surface area contributed by atoms with Crippen molar-refractivity contribution in [2.75, 3.05) is 7.05 Å². The monoisotopic (exact) mass is 238 g/mol. The number of nitrogens with one attached hydrogen (secondary N) is 1. The van der Waals surface area contributed by atoms with Crippen molar-refractivity contribution in [3.05, 3.63) is 15.6 Å². The highest BCUT2D eigenvalue weighted by Crippen LogP contribution is 2.36. The molecule has 0 fully saturated rings. The molecule has 1 N–H and O–H groups in total. The van der Waals surface area contributed by atoms with Gasteiger partial charge in [0.25, 0.3) is 0 Å². The van der Waals surface area contributed by atoms with Crippen LogP contribution in [0.5, 0.6) is 0 Å². The van der Waals surface area contributed by atoms with Gasteiger partial charge in [0, 0.05) is 4.88 Å². The Morgan fingerprint density at radius 2 is 2.19 bits per heavy atom. The number of thiazole rings is 1. The summed E-state index contributed by atoms with van der Waals surface area (Å²) < 4.78 is 0. The quantitative estimate of drug-likeness (QED) is 0.872. The van der Waals surface area contributed by atoms with Gasteiger partial charge in [-0.3, -0.25) is 0 Å². The Balaban J connectivity index is 2.25. The summed E-state index contributed by atoms with van der Waals surface area (Å²) >= 11 is 1.92. The molecule has 0 bridgehead atoms. The first-order valence-electron chi connectivity index (χ1n) is 6.23. The van der Waals surface area contributed by atoms with E-state index in [0.717, 1.165) is 6.42 Å². The zero-order valence-electron chi connectivity index (χ0n) is 10.8. The first kappa shape index (κ1) is 12.1. The predicted molar refractivity (Wildman–Crippen MR) is 70.0 cm³/mol. The number of fused-ring (bicyclic) bond motifs is 1. The molecule has 1 aliphatic carbocycles. The van der Waals surface area contributed by atoms with E-state index in [4.69, 9.17) is 4.98 Å². The normalized spacial score (nSPS) is 18.8. The van der Waals surface area contributed by atoms with Gasteiger partial charge in [-0.05, 0) is 45.6 Å². The third-order valence-electron chi connectivity index (χ3n) is 3.44. The fraction of sp³-hybridized carbons (Fsp3) is 0.769. The lowest BCUT2D eigenvalue weighted by Gasteiger charge is -2.29. The van der Waals surface area contributed by atoms with Crippen LogP contribution in [0.2, 0.25) is 0 Å². The van der Waals surface area contributed by atoms with Crippen LogP contribution in [0.4, 0.5) is 0 Å². The Bertz CT molecular complexity index is 349. The van der Waals surface area contributed by atoms with Crippen LogP contribution < -0.4 is 5.32 Å². The van der Waals surface area contributed by atoms with Gasteiger partial charge in [0.15, 0.2) is 0 Å². The highest BCUT2D eigenvalue weighted by molar-refractivity contribution is 7.12. The minimum absolute atomic E-state index is 0.0587. The van der Waals surface area contributed by atoms with E-state index in [1.54, 1.807) is 0 Å². The molecule has 2 rings (SSSR count). The van der Waals surface area contributed by atoms with E-state index in [2.05, 4.69) is 33.1 Å². The van der Waals surface area contributed by atoms with Crippen LogP contribution >= 0.6 is 11.3 Å². The molecule has 0 saturated carbocycles. The first-order valence-corrected chi connectivity index (χ1v) is 7.05. The lowest BCUT2D eigenvalue weighted by atomic mass is 9.91. The van der Waals surface area contributed by atoms with Crippen molar-refractivity contribution in [3.8, 4) is 0 Å². The summed E-state index contributed by atoms with van der Waals surface area (Å²) in [7, 11) is 2.05. The fourth-order valence-corrected chi connectivity index (χ4v) is 3.85. The molecule has 1 aliphatic rings. The number of aromatic nitrogens is 1. The van der Waals surface area contributed by atoms with Gasteiger partial charge in [0.05, 0.1) is 11.2 Å². The number of nitrogens with zero attached hydrogens (tertiary/aromatic N) is 1. The SMILES string of the molecule is CNC(C)(CC(C)C)c1nc2c(s1)CCC2.